The van der Waals surface area contributed by atoms with Gasteiger partial charge in [-0.15, -0.1) is 0 Å². The summed E-state index contributed by atoms with van der Waals surface area (Å²) in [5.41, 5.74) is 6.27. The van der Waals surface area contributed by atoms with Crippen molar-refractivity contribution in [3.05, 3.63) is 28.8 Å². The van der Waals surface area contributed by atoms with Crippen LogP contribution in [0.4, 0.5) is 5.69 Å². The molecule has 1 rings (SSSR count). The molecule has 0 aliphatic carbocycles. The molecule has 0 aliphatic heterocycles. The highest BCUT2D eigenvalue weighted by molar-refractivity contribution is 7.98. The number of hydrogen-bond donors (Lipinski definition) is 1. The highest BCUT2D eigenvalue weighted by Gasteiger charge is 2.12. The van der Waals surface area contributed by atoms with Crippen LogP contribution in [0.2, 0.25) is 5.02 Å². The lowest BCUT2D eigenvalue weighted by molar-refractivity contribution is 0.0530. The van der Waals surface area contributed by atoms with Crippen LogP contribution in [0.15, 0.2) is 18.2 Å². The molecule has 3 nitrogen and oxygen atoms in total. The van der Waals surface area contributed by atoms with E-state index in [1.54, 1.807) is 30.0 Å². The van der Waals surface area contributed by atoms with Crippen molar-refractivity contribution in [1.29, 1.82) is 0 Å². The van der Waals surface area contributed by atoms with E-state index in [1.807, 2.05) is 6.26 Å². The molecule has 0 spiro atoms. The molecule has 0 atom stereocenters. The molecule has 5 heteroatoms. The van der Waals surface area contributed by atoms with Gasteiger partial charge in [-0.1, -0.05) is 17.7 Å². The Morgan fingerprint density at radius 1 is 1.60 bits per heavy atom. The first-order chi connectivity index (χ1) is 7.16. The summed E-state index contributed by atoms with van der Waals surface area (Å²) in [4.78, 5) is 11.5. The van der Waals surface area contributed by atoms with Crippen molar-refractivity contribution < 1.29 is 9.53 Å². The number of thioether (sulfide) groups is 1. The summed E-state index contributed by atoms with van der Waals surface area (Å²) in [6.45, 7) is 0.380. The smallest absolute Gasteiger partial charge is 0.339 e. The molecule has 0 aromatic heterocycles. The van der Waals surface area contributed by atoms with Crippen LogP contribution in [0.25, 0.3) is 0 Å². The second kappa shape index (κ2) is 5.88. The summed E-state index contributed by atoms with van der Waals surface area (Å²) in [5, 5.41) is 0.256. The Morgan fingerprint density at radius 3 is 3.00 bits per heavy atom. The number of esters is 1. The van der Waals surface area contributed by atoms with Gasteiger partial charge in [-0.25, -0.2) is 4.79 Å². The van der Waals surface area contributed by atoms with Gasteiger partial charge in [0.25, 0.3) is 0 Å². The van der Waals surface area contributed by atoms with E-state index in [-0.39, 0.29) is 5.02 Å². The number of rotatable bonds is 4. The highest BCUT2D eigenvalue weighted by atomic mass is 35.5. The molecule has 0 unspecified atom stereocenters. The second-order valence-corrected chi connectivity index (χ2v) is 4.20. The van der Waals surface area contributed by atoms with Crippen LogP contribution in [-0.2, 0) is 4.74 Å². The van der Waals surface area contributed by atoms with Crippen molar-refractivity contribution in [2.24, 2.45) is 0 Å². The van der Waals surface area contributed by atoms with E-state index in [0.29, 0.717) is 17.9 Å². The lowest BCUT2D eigenvalue weighted by Gasteiger charge is -2.06. The maximum absolute atomic E-state index is 11.5. The minimum atomic E-state index is -0.429. The van der Waals surface area contributed by atoms with Gasteiger partial charge in [0.05, 0.1) is 16.3 Å². The maximum atomic E-state index is 11.5. The fourth-order valence-corrected chi connectivity index (χ4v) is 1.46. The van der Waals surface area contributed by atoms with Gasteiger partial charge in [0.2, 0.25) is 0 Å². The van der Waals surface area contributed by atoms with E-state index in [1.165, 1.54) is 0 Å². The number of anilines is 1. The van der Waals surface area contributed by atoms with E-state index < -0.39 is 5.97 Å². The lowest BCUT2D eigenvalue weighted by Crippen LogP contribution is -2.09. The summed E-state index contributed by atoms with van der Waals surface area (Å²) >= 11 is 7.48. The first-order valence-electron chi connectivity index (χ1n) is 4.37. The van der Waals surface area contributed by atoms with E-state index in [9.17, 15) is 4.79 Å². The van der Waals surface area contributed by atoms with Crippen molar-refractivity contribution in [3.8, 4) is 0 Å². The van der Waals surface area contributed by atoms with Gasteiger partial charge < -0.3 is 10.5 Å². The zero-order valence-electron chi connectivity index (χ0n) is 8.33. The fraction of sp³-hybridized carbons (Fsp3) is 0.300. The van der Waals surface area contributed by atoms with Crippen LogP contribution >= 0.6 is 23.4 Å². The molecule has 0 heterocycles. The molecule has 1 aromatic rings. The first-order valence-corrected chi connectivity index (χ1v) is 6.14. The van der Waals surface area contributed by atoms with Gasteiger partial charge in [0.15, 0.2) is 0 Å². The van der Waals surface area contributed by atoms with Gasteiger partial charge in [-0.05, 0) is 18.4 Å². The Hall–Kier alpha value is -0.870. The number of ether oxygens (including phenoxy) is 1. The van der Waals surface area contributed by atoms with Crippen LogP contribution in [0, 0.1) is 0 Å². The van der Waals surface area contributed by atoms with Crippen molar-refractivity contribution in [2.45, 2.75) is 0 Å². The Balaban J connectivity index is 2.69. The number of benzene rings is 1. The number of hydrogen-bond acceptors (Lipinski definition) is 4. The van der Waals surface area contributed by atoms with E-state index >= 15 is 0 Å². The maximum Gasteiger partial charge on any atom is 0.339 e. The Kier molecular flexibility index (Phi) is 4.78. The predicted molar refractivity (Wildman–Crippen MR) is 64.5 cm³/mol. The largest absolute Gasteiger partial charge is 0.461 e. The number of halogens is 1. The van der Waals surface area contributed by atoms with Crippen LogP contribution < -0.4 is 5.73 Å². The molecular formula is C10H12ClNO2S. The van der Waals surface area contributed by atoms with Crippen molar-refractivity contribution in [2.75, 3.05) is 24.3 Å². The lowest BCUT2D eigenvalue weighted by atomic mass is 10.2. The molecule has 0 amide bonds. The Bertz CT molecular complexity index is 357. The van der Waals surface area contributed by atoms with Crippen LogP contribution in [-0.4, -0.2) is 24.6 Å². The third-order valence-electron chi connectivity index (χ3n) is 1.77. The Labute approximate surface area is 97.9 Å². The van der Waals surface area contributed by atoms with Gasteiger partial charge >= 0.3 is 5.97 Å². The van der Waals surface area contributed by atoms with E-state index in [4.69, 9.17) is 22.1 Å². The number of nitrogen functional groups attached to an aromatic ring is 1. The predicted octanol–water partition coefficient (Wildman–Crippen LogP) is 2.44. The molecule has 82 valence electrons. The third-order valence-corrected chi connectivity index (χ3v) is 2.77. The van der Waals surface area contributed by atoms with Crippen LogP contribution in [0.3, 0.4) is 0 Å². The highest BCUT2D eigenvalue weighted by Crippen LogP contribution is 2.23. The average molecular weight is 246 g/mol. The van der Waals surface area contributed by atoms with Gasteiger partial charge in [0, 0.05) is 5.75 Å². The van der Waals surface area contributed by atoms with Crippen molar-refractivity contribution in [3.63, 3.8) is 0 Å². The molecule has 2 N–H and O–H groups in total. The average Bonchev–Trinajstić information content (AvgIpc) is 2.22. The van der Waals surface area contributed by atoms with Gasteiger partial charge in [-0.2, -0.15) is 11.8 Å². The normalized spacial score (nSPS) is 10.0. The molecular weight excluding hydrogens is 234 g/mol. The summed E-state index contributed by atoms with van der Waals surface area (Å²) < 4.78 is 5.00. The topological polar surface area (TPSA) is 52.3 Å². The van der Waals surface area contributed by atoms with E-state index in [2.05, 4.69) is 0 Å². The Morgan fingerprint density at radius 2 is 2.33 bits per heavy atom. The zero-order valence-corrected chi connectivity index (χ0v) is 9.90. The molecule has 0 bridgehead atoms. The number of nitrogens with two attached hydrogens (primary N) is 1. The molecule has 15 heavy (non-hydrogen) atoms. The first kappa shape index (κ1) is 12.2. The second-order valence-electron chi connectivity index (χ2n) is 2.84. The minimum Gasteiger partial charge on any atom is -0.461 e. The quantitative estimate of drug-likeness (QED) is 0.503. The molecule has 0 aliphatic rings. The van der Waals surface area contributed by atoms with Gasteiger partial charge in [-0.3, -0.25) is 0 Å². The third kappa shape index (κ3) is 3.32. The summed E-state index contributed by atoms with van der Waals surface area (Å²) in [5.74, 6) is 0.340. The molecule has 0 saturated heterocycles. The zero-order chi connectivity index (χ0) is 11.3. The number of carbonyl (C=O) groups is 1. The molecule has 1 aromatic carbocycles. The van der Waals surface area contributed by atoms with Crippen molar-refractivity contribution in [1.82, 2.24) is 0 Å². The standard InChI is InChI=1S/C10H12ClNO2S/c1-15-6-5-14-10(13)7-3-2-4-8(12)9(7)11/h2-4H,5-6,12H2,1H3. The summed E-state index contributed by atoms with van der Waals surface area (Å²) in [6, 6.07) is 4.91. The monoisotopic (exact) mass is 245 g/mol. The van der Waals surface area contributed by atoms with Crippen molar-refractivity contribution >= 4 is 35.0 Å². The van der Waals surface area contributed by atoms with Gasteiger partial charge in [0.1, 0.15) is 6.61 Å². The minimum absolute atomic E-state index is 0.256. The summed E-state index contributed by atoms with van der Waals surface area (Å²) in [6.07, 6.45) is 1.95. The van der Waals surface area contributed by atoms with E-state index in [0.717, 1.165) is 5.75 Å². The molecule has 0 radical (unpaired) electrons. The van der Waals surface area contributed by atoms with Crippen LogP contribution in [0.5, 0.6) is 0 Å². The SMILES string of the molecule is CSCCOC(=O)c1cccc(N)c1Cl. The molecule has 0 fully saturated rings. The molecule has 0 saturated carbocycles. The van der Waals surface area contributed by atoms with Crippen LogP contribution in [0.1, 0.15) is 10.4 Å². The summed E-state index contributed by atoms with van der Waals surface area (Å²) in [7, 11) is 0. The fourth-order valence-electron chi connectivity index (χ4n) is 1.00. The number of carbonyl (C=O) groups excluding carboxylic acids is 1.